The van der Waals surface area contributed by atoms with Crippen LogP contribution in [0.5, 0.6) is 0 Å². The van der Waals surface area contributed by atoms with Crippen molar-refractivity contribution in [3.8, 4) is 0 Å². The molecule has 0 spiro atoms. The number of fused-ring (bicyclic) bond motifs is 2. The van der Waals surface area contributed by atoms with Gasteiger partial charge in [0, 0.05) is 0 Å². The number of benzene rings is 2. The third kappa shape index (κ3) is 2.26. The van der Waals surface area contributed by atoms with Crippen molar-refractivity contribution in [2.75, 3.05) is 11.4 Å². The van der Waals surface area contributed by atoms with Gasteiger partial charge in [-0.25, -0.2) is 0 Å². The molecule has 6 heteroatoms. The first-order valence-corrected chi connectivity index (χ1v) is 9.86. The van der Waals surface area contributed by atoms with E-state index in [4.69, 9.17) is 23.2 Å². The number of Topliss-reactive ketones (excluding diaryl/α,β-unsaturated/α-hetero) is 2. The van der Waals surface area contributed by atoms with E-state index >= 15 is 0 Å². The summed E-state index contributed by atoms with van der Waals surface area (Å²) in [5.41, 5.74) is 2.10. The number of nitrogens with zero attached hydrogens (tertiary/aromatic N) is 1. The summed E-state index contributed by atoms with van der Waals surface area (Å²) in [6.07, 6.45) is 0. The molecule has 1 aliphatic heterocycles. The summed E-state index contributed by atoms with van der Waals surface area (Å²) in [5, 5.41) is 1.11. The van der Waals surface area contributed by atoms with Crippen LogP contribution in [-0.4, -0.2) is 33.1 Å². The summed E-state index contributed by atoms with van der Waals surface area (Å²) in [5.74, 6) is -0.437. The molecule has 0 saturated carbocycles. The molecule has 0 bridgehead atoms. The zero-order valence-corrected chi connectivity index (χ0v) is 15.8. The first kappa shape index (κ1) is 15.9. The number of carbonyl (C=O) groups is 2. The van der Waals surface area contributed by atoms with Gasteiger partial charge in [-0.05, 0) is 0 Å². The fraction of sp³-hybridized carbons (Fsp3) is 0.111. The second-order valence-corrected chi connectivity index (χ2v) is 8.52. The maximum atomic E-state index is 12.8. The summed E-state index contributed by atoms with van der Waals surface area (Å²) in [6.45, 7) is 2.67. The number of halogens is 2. The van der Waals surface area contributed by atoms with Crippen molar-refractivity contribution in [2.45, 2.75) is 6.92 Å². The summed E-state index contributed by atoms with van der Waals surface area (Å²) >= 11 is 12.0. The van der Waals surface area contributed by atoms with E-state index in [0.717, 1.165) is 14.7 Å². The van der Waals surface area contributed by atoms with Crippen LogP contribution in [0.1, 0.15) is 27.6 Å². The van der Waals surface area contributed by atoms with E-state index in [2.05, 4.69) is 0 Å². The van der Waals surface area contributed by atoms with Crippen LogP contribution in [-0.2, 0) is 0 Å². The molecular formula is C18H11Cl2NO2Se. The van der Waals surface area contributed by atoms with Gasteiger partial charge in [-0.1, -0.05) is 0 Å². The second kappa shape index (κ2) is 5.75. The Hall–Kier alpha value is -1.58. The molecule has 0 atom stereocenters. The zero-order chi connectivity index (χ0) is 17.0. The number of anilines is 1. The molecule has 0 fully saturated rings. The number of hydrogen-bond acceptors (Lipinski definition) is 3. The predicted molar refractivity (Wildman–Crippen MR) is 97.0 cm³/mol. The van der Waals surface area contributed by atoms with Gasteiger partial charge in [-0.2, -0.15) is 0 Å². The van der Waals surface area contributed by atoms with Crippen LogP contribution in [0.2, 0.25) is 10.0 Å². The first-order chi connectivity index (χ1) is 11.5. The molecule has 4 rings (SSSR count). The molecule has 0 aromatic heterocycles. The van der Waals surface area contributed by atoms with Crippen LogP contribution in [0, 0.1) is 0 Å². The molecule has 2 aromatic carbocycles. The van der Waals surface area contributed by atoms with Gasteiger partial charge in [0.25, 0.3) is 0 Å². The standard InChI is InChI=1S/C18H11Cl2NO2Se/c1-2-21-13-8-10(20)4-6-14(13)24-18(21)15-16(22)11-5-3-9(19)7-12(11)17(15)23/h3-8H,2H2,1H3/b18-15+. The molecule has 0 unspecified atom stereocenters. The fourth-order valence-corrected chi connectivity index (χ4v) is 5.97. The Morgan fingerprint density at radius 2 is 1.62 bits per heavy atom. The van der Waals surface area contributed by atoms with Crippen molar-refractivity contribution in [3.63, 3.8) is 0 Å². The summed E-state index contributed by atoms with van der Waals surface area (Å²) < 4.78 is 1.94. The maximum absolute atomic E-state index is 12.8. The summed E-state index contributed by atoms with van der Waals surface area (Å²) in [4.78, 5) is 27.7. The van der Waals surface area contributed by atoms with Crippen molar-refractivity contribution >= 4 is 59.9 Å². The minimum absolute atomic E-state index is 0.109. The topological polar surface area (TPSA) is 37.4 Å². The molecule has 2 aromatic rings. The molecule has 1 heterocycles. The quantitative estimate of drug-likeness (QED) is 0.401. The van der Waals surface area contributed by atoms with Gasteiger partial charge in [0.15, 0.2) is 0 Å². The van der Waals surface area contributed by atoms with E-state index in [-0.39, 0.29) is 32.1 Å². The third-order valence-corrected chi connectivity index (χ3v) is 7.07. The Bertz CT molecular complexity index is 952. The molecule has 0 N–H and O–H groups in total. The van der Waals surface area contributed by atoms with Crippen molar-refractivity contribution in [3.05, 3.63) is 67.7 Å². The van der Waals surface area contributed by atoms with Crippen molar-refractivity contribution in [1.82, 2.24) is 0 Å². The molecule has 24 heavy (non-hydrogen) atoms. The van der Waals surface area contributed by atoms with Crippen LogP contribution >= 0.6 is 23.2 Å². The molecule has 3 nitrogen and oxygen atoms in total. The third-order valence-electron chi connectivity index (χ3n) is 4.12. The predicted octanol–water partition coefficient (Wildman–Crippen LogP) is 3.45. The first-order valence-electron chi connectivity index (χ1n) is 7.39. The fourth-order valence-electron chi connectivity index (χ4n) is 3.03. The van der Waals surface area contributed by atoms with E-state index in [0.29, 0.717) is 27.7 Å². The summed E-state index contributed by atoms with van der Waals surface area (Å²) in [7, 11) is 0. The average Bonchev–Trinajstić information content (AvgIpc) is 3.02. The van der Waals surface area contributed by atoms with Crippen molar-refractivity contribution in [1.29, 1.82) is 0 Å². The van der Waals surface area contributed by atoms with Crippen LogP contribution in [0.4, 0.5) is 5.69 Å². The molecule has 0 saturated heterocycles. The monoisotopic (exact) mass is 423 g/mol. The number of allylic oxidation sites excluding steroid dienone is 1. The van der Waals surface area contributed by atoms with E-state index in [1.807, 2.05) is 30.0 Å². The van der Waals surface area contributed by atoms with Crippen molar-refractivity contribution in [2.24, 2.45) is 0 Å². The zero-order valence-electron chi connectivity index (χ0n) is 12.6. The SMILES string of the molecule is CCN1/C(=C2/C(=O)c3ccc(Cl)cc3C2=O)[Se]c2ccc(Cl)cc21. The van der Waals surface area contributed by atoms with Gasteiger partial charge in [0.2, 0.25) is 0 Å². The van der Waals surface area contributed by atoms with Crippen LogP contribution in [0.3, 0.4) is 0 Å². The van der Waals surface area contributed by atoms with Gasteiger partial charge >= 0.3 is 156 Å². The van der Waals surface area contributed by atoms with E-state index in [9.17, 15) is 9.59 Å². The van der Waals surface area contributed by atoms with Gasteiger partial charge in [0.05, 0.1) is 0 Å². The minimum atomic E-state index is -0.230. The Morgan fingerprint density at radius 1 is 0.958 bits per heavy atom. The molecule has 0 radical (unpaired) electrons. The molecule has 0 amide bonds. The number of carbonyl (C=O) groups excluding carboxylic acids is 2. The van der Waals surface area contributed by atoms with Crippen LogP contribution < -0.4 is 9.36 Å². The van der Waals surface area contributed by atoms with Gasteiger partial charge in [0.1, 0.15) is 0 Å². The van der Waals surface area contributed by atoms with E-state index in [1.165, 1.54) is 0 Å². The van der Waals surface area contributed by atoms with E-state index in [1.54, 1.807) is 18.2 Å². The normalized spacial score (nSPS) is 19.0. The Labute approximate surface area is 155 Å². The van der Waals surface area contributed by atoms with Gasteiger partial charge < -0.3 is 0 Å². The molecule has 1 aliphatic carbocycles. The molecule has 2 aliphatic rings. The molecular weight excluding hydrogens is 412 g/mol. The Kier molecular flexibility index (Phi) is 3.81. The molecule has 120 valence electrons. The summed E-state index contributed by atoms with van der Waals surface area (Å²) in [6, 6.07) is 10.6. The second-order valence-electron chi connectivity index (χ2n) is 5.49. The Morgan fingerprint density at radius 3 is 2.38 bits per heavy atom. The van der Waals surface area contributed by atoms with Crippen LogP contribution in [0.25, 0.3) is 0 Å². The number of ketones is 2. The Balaban J connectivity index is 1.89. The van der Waals surface area contributed by atoms with Crippen molar-refractivity contribution < 1.29 is 9.59 Å². The van der Waals surface area contributed by atoms with Crippen LogP contribution in [0.15, 0.2) is 46.6 Å². The number of rotatable bonds is 1. The van der Waals surface area contributed by atoms with Gasteiger partial charge in [-0.15, -0.1) is 0 Å². The number of hydrogen-bond donors (Lipinski definition) is 0. The van der Waals surface area contributed by atoms with Gasteiger partial charge in [-0.3, -0.25) is 0 Å². The van der Waals surface area contributed by atoms with E-state index < -0.39 is 0 Å². The average molecular weight is 423 g/mol.